The fraction of sp³-hybridized carbons (Fsp3) is 1.00. The maximum atomic E-state index is 4.15. The van der Waals surface area contributed by atoms with Crippen molar-refractivity contribution < 1.29 is 0 Å². The summed E-state index contributed by atoms with van der Waals surface area (Å²) in [5, 5.41) is 4.15. The summed E-state index contributed by atoms with van der Waals surface area (Å²) in [5.41, 5.74) is 1.10. The molecule has 1 N–H and O–H groups in total. The molecule has 3 aliphatic carbocycles. The monoisotopic (exact) mass is 291 g/mol. The van der Waals surface area contributed by atoms with Crippen LogP contribution in [0.5, 0.6) is 0 Å². The second-order valence-electron chi connectivity index (χ2n) is 9.69. The fourth-order valence-corrected chi connectivity index (χ4v) is 6.06. The first-order valence-corrected chi connectivity index (χ1v) is 9.59. The van der Waals surface area contributed by atoms with Crippen LogP contribution in [0.2, 0.25) is 0 Å². The molecule has 0 heterocycles. The first-order valence-electron chi connectivity index (χ1n) is 9.59. The quantitative estimate of drug-likeness (QED) is 0.731. The zero-order valence-electron chi connectivity index (χ0n) is 15.0. The van der Waals surface area contributed by atoms with Gasteiger partial charge in [0.05, 0.1) is 0 Å². The maximum Gasteiger partial charge on any atom is 0.0131 e. The highest BCUT2D eigenvalue weighted by Crippen LogP contribution is 2.65. The van der Waals surface area contributed by atoms with E-state index in [1.807, 2.05) is 0 Å². The Bertz CT molecular complexity index is 372. The van der Waals surface area contributed by atoms with Gasteiger partial charge in [0.15, 0.2) is 0 Å². The van der Waals surface area contributed by atoms with Crippen LogP contribution in [0.3, 0.4) is 0 Å². The Morgan fingerprint density at radius 1 is 1.05 bits per heavy atom. The number of fused-ring (bicyclic) bond motifs is 2. The van der Waals surface area contributed by atoms with E-state index in [0.29, 0.717) is 10.8 Å². The molecular formula is C20H37N. The van der Waals surface area contributed by atoms with Crippen LogP contribution >= 0.6 is 0 Å². The lowest BCUT2D eigenvalue weighted by molar-refractivity contribution is 0.106. The van der Waals surface area contributed by atoms with Gasteiger partial charge in [-0.05, 0) is 67.1 Å². The number of hydrogen-bond acceptors (Lipinski definition) is 1. The molecule has 0 aromatic heterocycles. The summed E-state index contributed by atoms with van der Waals surface area (Å²) in [5.74, 6) is 2.82. The second kappa shape index (κ2) is 5.55. The molecule has 3 fully saturated rings. The molecule has 2 bridgehead atoms. The molecule has 0 aliphatic heterocycles. The molecule has 1 nitrogen and oxygen atoms in total. The summed E-state index contributed by atoms with van der Waals surface area (Å²) < 4.78 is 0. The van der Waals surface area contributed by atoms with Crippen molar-refractivity contribution >= 4 is 0 Å². The van der Waals surface area contributed by atoms with Crippen LogP contribution in [0.4, 0.5) is 0 Å². The van der Waals surface area contributed by atoms with Gasteiger partial charge in [-0.3, -0.25) is 0 Å². The van der Waals surface area contributed by atoms with E-state index in [4.69, 9.17) is 0 Å². The summed E-state index contributed by atoms with van der Waals surface area (Å²) >= 11 is 0. The van der Waals surface area contributed by atoms with Crippen molar-refractivity contribution in [1.29, 1.82) is 0 Å². The third kappa shape index (κ3) is 2.69. The number of hydrogen-bond donors (Lipinski definition) is 1. The van der Waals surface area contributed by atoms with Gasteiger partial charge in [-0.25, -0.2) is 0 Å². The van der Waals surface area contributed by atoms with Gasteiger partial charge >= 0.3 is 0 Å². The van der Waals surface area contributed by atoms with Gasteiger partial charge in [-0.15, -0.1) is 0 Å². The van der Waals surface area contributed by atoms with E-state index in [0.717, 1.165) is 29.8 Å². The lowest BCUT2D eigenvalue weighted by Gasteiger charge is -2.42. The van der Waals surface area contributed by atoms with E-state index in [1.165, 1.54) is 51.4 Å². The zero-order valence-corrected chi connectivity index (χ0v) is 15.0. The van der Waals surface area contributed by atoms with Crippen molar-refractivity contribution in [2.24, 2.45) is 28.6 Å². The summed E-state index contributed by atoms with van der Waals surface area (Å²) in [7, 11) is 0. The predicted octanol–water partition coefficient (Wildman–Crippen LogP) is 5.40. The molecule has 3 aliphatic rings. The summed E-state index contributed by atoms with van der Waals surface area (Å²) in [6.07, 6.45) is 11.6. The van der Waals surface area contributed by atoms with E-state index in [-0.39, 0.29) is 0 Å². The van der Waals surface area contributed by atoms with Gasteiger partial charge in [-0.2, -0.15) is 0 Å². The Labute approximate surface area is 132 Å². The molecule has 5 atom stereocenters. The minimum Gasteiger partial charge on any atom is -0.311 e. The fourth-order valence-electron chi connectivity index (χ4n) is 6.06. The topological polar surface area (TPSA) is 12.0 Å². The molecule has 5 unspecified atom stereocenters. The Kier molecular flexibility index (Phi) is 4.19. The smallest absolute Gasteiger partial charge is 0.0131 e. The maximum absolute atomic E-state index is 4.15. The van der Waals surface area contributed by atoms with Crippen molar-refractivity contribution in [2.45, 2.75) is 98.1 Å². The van der Waals surface area contributed by atoms with Crippen LogP contribution in [0.15, 0.2) is 0 Å². The van der Waals surface area contributed by atoms with E-state index in [1.54, 1.807) is 0 Å². The second-order valence-corrected chi connectivity index (χ2v) is 9.69. The Balaban J connectivity index is 1.60. The van der Waals surface area contributed by atoms with Crippen LogP contribution in [0.25, 0.3) is 0 Å². The van der Waals surface area contributed by atoms with Crippen LogP contribution in [-0.2, 0) is 0 Å². The first kappa shape index (κ1) is 15.8. The molecule has 122 valence electrons. The summed E-state index contributed by atoms with van der Waals surface area (Å²) in [6, 6.07) is 1.59. The molecule has 3 saturated carbocycles. The minimum atomic E-state index is 0.544. The van der Waals surface area contributed by atoms with E-state index in [2.05, 4.69) is 39.9 Å². The molecule has 1 heteroatoms. The van der Waals surface area contributed by atoms with Crippen molar-refractivity contribution in [2.75, 3.05) is 0 Å². The SMILES string of the molecule is CC(C)CC1CCCC(NC2CC3CCC2(C)C3(C)C)C1. The average Bonchev–Trinajstić information content (AvgIpc) is 2.71. The molecule has 0 radical (unpaired) electrons. The Morgan fingerprint density at radius 2 is 1.81 bits per heavy atom. The lowest BCUT2D eigenvalue weighted by Crippen LogP contribution is -2.49. The van der Waals surface area contributed by atoms with Crippen molar-refractivity contribution in [3.05, 3.63) is 0 Å². The Morgan fingerprint density at radius 3 is 2.38 bits per heavy atom. The van der Waals surface area contributed by atoms with Gasteiger partial charge in [0.2, 0.25) is 0 Å². The first-order chi connectivity index (χ1) is 9.83. The van der Waals surface area contributed by atoms with E-state index in [9.17, 15) is 0 Å². The van der Waals surface area contributed by atoms with Gasteiger partial charge in [0.1, 0.15) is 0 Å². The van der Waals surface area contributed by atoms with E-state index >= 15 is 0 Å². The molecule has 0 spiro atoms. The van der Waals surface area contributed by atoms with Crippen LogP contribution in [-0.4, -0.2) is 12.1 Å². The third-order valence-electron chi connectivity index (χ3n) is 7.82. The van der Waals surface area contributed by atoms with Gasteiger partial charge < -0.3 is 5.32 Å². The predicted molar refractivity (Wildman–Crippen MR) is 91.4 cm³/mol. The molecule has 0 aromatic carbocycles. The summed E-state index contributed by atoms with van der Waals surface area (Å²) in [6.45, 7) is 12.4. The van der Waals surface area contributed by atoms with Crippen LogP contribution in [0, 0.1) is 28.6 Å². The molecule has 0 aromatic rings. The molecular weight excluding hydrogens is 254 g/mol. The highest BCUT2D eigenvalue weighted by atomic mass is 15.0. The highest BCUT2D eigenvalue weighted by molar-refractivity contribution is 5.13. The molecule has 3 rings (SSSR count). The molecule has 21 heavy (non-hydrogen) atoms. The lowest BCUT2D eigenvalue weighted by atomic mass is 9.69. The largest absolute Gasteiger partial charge is 0.311 e. The normalized spacial score (nSPS) is 45.4. The number of nitrogens with one attached hydrogen (secondary N) is 1. The summed E-state index contributed by atoms with van der Waals surface area (Å²) in [4.78, 5) is 0. The van der Waals surface area contributed by atoms with Crippen molar-refractivity contribution in [1.82, 2.24) is 5.32 Å². The van der Waals surface area contributed by atoms with E-state index < -0.39 is 0 Å². The third-order valence-corrected chi connectivity index (χ3v) is 7.82. The van der Waals surface area contributed by atoms with Gasteiger partial charge in [0, 0.05) is 12.1 Å². The van der Waals surface area contributed by atoms with Crippen LogP contribution < -0.4 is 5.32 Å². The molecule has 0 amide bonds. The van der Waals surface area contributed by atoms with Crippen molar-refractivity contribution in [3.8, 4) is 0 Å². The molecule has 0 saturated heterocycles. The number of rotatable bonds is 4. The van der Waals surface area contributed by atoms with Crippen molar-refractivity contribution in [3.63, 3.8) is 0 Å². The van der Waals surface area contributed by atoms with Gasteiger partial charge in [0.25, 0.3) is 0 Å². The zero-order chi connectivity index (χ0) is 15.3. The Hall–Kier alpha value is -0.0400. The standard InChI is InChI=1S/C20H37N/c1-14(2)11-15-7-6-8-17(12-15)21-18-13-16-9-10-20(18,5)19(16,3)4/h14-18,21H,6-13H2,1-5H3. The minimum absolute atomic E-state index is 0.544. The van der Waals surface area contributed by atoms with Crippen LogP contribution in [0.1, 0.15) is 86.0 Å². The average molecular weight is 292 g/mol. The van der Waals surface area contributed by atoms with Gasteiger partial charge in [-0.1, -0.05) is 47.5 Å². The highest BCUT2D eigenvalue weighted by Gasteiger charge is 2.61.